The molecule has 1 N–H and O–H groups in total. The van der Waals surface area contributed by atoms with E-state index >= 15 is 0 Å². The normalized spacial score (nSPS) is 18.2. The molecule has 6 heteroatoms. The minimum atomic E-state index is -0.741. The van der Waals surface area contributed by atoms with Crippen LogP contribution < -0.4 is 4.90 Å². The van der Waals surface area contributed by atoms with Crippen molar-refractivity contribution in [3.05, 3.63) is 5.89 Å². The van der Waals surface area contributed by atoms with Gasteiger partial charge in [0.05, 0.1) is 6.42 Å². The van der Waals surface area contributed by atoms with Gasteiger partial charge in [0.1, 0.15) is 0 Å². The highest BCUT2D eigenvalue weighted by Crippen LogP contribution is 2.42. The van der Waals surface area contributed by atoms with Crippen LogP contribution in [-0.4, -0.2) is 35.3 Å². The maximum atomic E-state index is 11.1. The Morgan fingerprint density at radius 3 is 2.58 bits per heavy atom. The zero-order valence-electron chi connectivity index (χ0n) is 11.6. The summed E-state index contributed by atoms with van der Waals surface area (Å²) in [7, 11) is 3.70. The summed E-state index contributed by atoms with van der Waals surface area (Å²) in [6, 6.07) is 0. The van der Waals surface area contributed by atoms with Gasteiger partial charge in [-0.25, -0.2) is 0 Å². The molecule has 2 rings (SSSR count). The van der Waals surface area contributed by atoms with E-state index in [9.17, 15) is 4.79 Å². The highest BCUT2D eigenvalue weighted by atomic mass is 16.5. The Morgan fingerprint density at radius 1 is 1.37 bits per heavy atom. The second kappa shape index (κ2) is 5.59. The van der Waals surface area contributed by atoms with Crippen LogP contribution in [0.2, 0.25) is 0 Å². The molecular weight excluding hydrogens is 246 g/mol. The number of nitrogens with zero attached hydrogens (tertiary/aromatic N) is 3. The van der Waals surface area contributed by atoms with E-state index in [4.69, 9.17) is 9.63 Å². The first kappa shape index (κ1) is 13.8. The van der Waals surface area contributed by atoms with Gasteiger partial charge >= 0.3 is 5.97 Å². The largest absolute Gasteiger partial charge is 0.481 e. The summed E-state index contributed by atoms with van der Waals surface area (Å²) in [5.41, 5.74) is -0.208. The first-order chi connectivity index (χ1) is 9.01. The lowest BCUT2D eigenvalue weighted by molar-refractivity contribution is -0.140. The van der Waals surface area contributed by atoms with Crippen molar-refractivity contribution in [2.75, 3.05) is 19.0 Å². The van der Waals surface area contributed by atoms with E-state index in [2.05, 4.69) is 10.1 Å². The van der Waals surface area contributed by atoms with Gasteiger partial charge in [-0.1, -0.05) is 19.3 Å². The van der Waals surface area contributed by atoms with Gasteiger partial charge in [0, 0.05) is 20.5 Å². The van der Waals surface area contributed by atoms with E-state index in [-0.39, 0.29) is 11.8 Å². The van der Waals surface area contributed by atoms with Crippen molar-refractivity contribution in [1.82, 2.24) is 10.1 Å². The van der Waals surface area contributed by atoms with Gasteiger partial charge in [0.25, 0.3) is 5.95 Å². The maximum Gasteiger partial charge on any atom is 0.303 e. The topological polar surface area (TPSA) is 79.5 Å². The van der Waals surface area contributed by atoms with E-state index < -0.39 is 5.97 Å². The molecule has 1 fully saturated rings. The average Bonchev–Trinajstić information content (AvgIpc) is 2.77. The number of anilines is 1. The van der Waals surface area contributed by atoms with Crippen molar-refractivity contribution in [1.29, 1.82) is 0 Å². The van der Waals surface area contributed by atoms with E-state index in [1.807, 2.05) is 14.1 Å². The lowest BCUT2D eigenvalue weighted by Gasteiger charge is -2.34. The number of hydrogen-bond acceptors (Lipinski definition) is 5. The van der Waals surface area contributed by atoms with E-state index in [1.165, 1.54) is 6.42 Å². The fraction of sp³-hybridized carbons (Fsp3) is 0.769. The SMILES string of the molecule is CN(C)c1noc(CC2(CC(=O)O)CCCCC2)n1. The van der Waals surface area contributed by atoms with Crippen molar-refractivity contribution in [2.24, 2.45) is 5.41 Å². The number of aliphatic carboxylic acids is 1. The molecule has 0 aliphatic heterocycles. The fourth-order valence-corrected chi connectivity index (χ4v) is 2.86. The Kier molecular flexibility index (Phi) is 4.07. The van der Waals surface area contributed by atoms with E-state index in [0.29, 0.717) is 18.3 Å². The molecule has 1 heterocycles. The molecule has 0 bridgehead atoms. The van der Waals surface area contributed by atoms with Crippen LogP contribution >= 0.6 is 0 Å². The van der Waals surface area contributed by atoms with Gasteiger partial charge in [-0.15, -0.1) is 0 Å². The van der Waals surface area contributed by atoms with Gasteiger partial charge in [0.15, 0.2) is 0 Å². The van der Waals surface area contributed by atoms with Gasteiger partial charge in [-0.05, 0) is 23.4 Å². The summed E-state index contributed by atoms with van der Waals surface area (Å²) in [6.07, 6.45) is 5.98. The van der Waals surface area contributed by atoms with Crippen LogP contribution in [-0.2, 0) is 11.2 Å². The number of rotatable bonds is 5. The third kappa shape index (κ3) is 3.45. The monoisotopic (exact) mass is 267 g/mol. The Hall–Kier alpha value is -1.59. The molecule has 0 unspecified atom stereocenters. The molecule has 0 amide bonds. The minimum absolute atomic E-state index is 0.187. The summed E-state index contributed by atoms with van der Waals surface area (Å²) in [6.45, 7) is 0. The molecule has 1 aromatic heterocycles. The van der Waals surface area contributed by atoms with Gasteiger partial charge < -0.3 is 14.5 Å². The van der Waals surface area contributed by atoms with Crippen LogP contribution in [0, 0.1) is 5.41 Å². The third-order valence-electron chi connectivity index (χ3n) is 3.82. The summed E-state index contributed by atoms with van der Waals surface area (Å²) in [5, 5.41) is 13.0. The predicted octanol–water partition coefficient (Wildman–Crippen LogP) is 2.10. The Bertz CT molecular complexity index is 436. The van der Waals surface area contributed by atoms with Crippen LogP contribution in [0.1, 0.15) is 44.4 Å². The van der Waals surface area contributed by atoms with Gasteiger partial charge in [-0.3, -0.25) is 4.79 Å². The van der Waals surface area contributed by atoms with Crippen LogP contribution in [0.25, 0.3) is 0 Å². The standard InChI is InChI=1S/C13H21N3O3/c1-16(2)12-14-10(19-15-12)8-13(9-11(17)18)6-4-3-5-7-13/h3-9H2,1-2H3,(H,17,18). The molecule has 1 aromatic rings. The van der Waals surface area contributed by atoms with E-state index in [1.54, 1.807) is 4.90 Å². The maximum absolute atomic E-state index is 11.1. The molecule has 19 heavy (non-hydrogen) atoms. The molecule has 0 radical (unpaired) electrons. The zero-order valence-corrected chi connectivity index (χ0v) is 11.6. The lowest BCUT2D eigenvalue weighted by atomic mass is 9.69. The van der Waals surface area contributed by atoms with Crippen molar-refractivity contribution in [3.63, 3.8) is 0 Å². The molecule has 0 aromatic carbocycles. The van der Waals surface area contributed by atoms with Crippen LogP contribution in [0.5, 0.6) is 0 Å². The zero-order chi connectivity index (χ0) is 13.9. The Balaban J connectivity index is 2.12. The third-order valence-corrected chi connectivity index (χ3v) is 3.82. The number of aromatic nitrogens is 2. The van der Waals surface area contributed by atoms with Crippen LogP contribution in [0.3, 0.4) is 0 Å². The molecule has 0 spiro atoms. The molecule has 1 aliphatic carbocycles. The van der Waals surface area contributed by atoms with Crippen molar-refractivity contribution in [2.45, 2.75) is 44.9 Å². The molecule has 0 atom stereocenters. The molecule has 6 nitrogen and oxygen atoms in total. The highest BCUT2D eigenvalue weighted by Gasteiger charge is 2.36. The van der Waals surface area contributed by atoms with Crippen molar-refractivity contribution in [3.8, 4) is 0 Å². The summed E-state index contributed by atoms with van der Waals surface area (Å²) in [4.78, 5) is 17.2. The molecular formula is C13H21N3O3. The Morgan fingerprint density at radius 2 is 2.05 bits per heavy atom. The van der Waals surface area contributed by atoms with E-state index in [0.717, 1.165) is 25.7 Å². The number of carbonyl (C=O) groups is 1. The minimum Gasteiger partial charge on any atom is -0.481 e. The molecule has 106 valence electrons. The second-order valence-electron chi connectivity index (χ2n) is 5.69. The lowest BCUT2D eigenvalue weighted by Crippen LogP contribution is -2.30. The van der Waals surface area contributed by atoms with Crippen molar-refractivity contribution < 1.29 is 14.4 Å². The summed E-state index contributed by atoms with van der Waals surface area (Å²) < 4.78 is 5.24. The first-order valence-corrected chi connectivity index (χ1v) is 6.72. The van der Waals surface area contributed by atoms with Gasteiger partial charge in [-0.2, -0.15) is 4.98 Å². The molecule has 0 saturated heterocycles. The second-order valence-corrected chi connectivity index (χ2v) is 5.69. The quantitative estimate of drug-likeness (QED) is 0.880. The summed E-state index contributed by atoms with van der Waals surface area (Å²) >= 11 is 0. The first-order valence-electron chi connectivity index (χ1n) is 6.72. The number of carboxylic acid groups (broad SMARTS) is 1. The smallest absolute Gasteiger partial charge is 0.303 e. The number of hydrogen-bond donors (Lipinski definition) is 1. The predicted molar refractivity (Wildman–Crippen MR) is 70.1 cm³/mol. The van der Waals surface area contributed by atoms with Crippen LogP contribution in [0.4, 0.5) is 5.95 Å². The fourth-order valence-electron chi connectivity index (χ4n) is 2.86. The Labute approximate surface area is 112 Å². The van der Waals surface area contributed by atoms with Gasteiger partial charge in [0.2, 0.25) is 5.89 Å². The van der Waals surface area contributed by atoms with Crippen LogP contribution in [0.15, 0.2) is 4.52 Å². The number of carboxylic acids is 1. The average molecular weight is 267 g/mol. The molecule has 1 aliphatic rings. The summed E-state index contributed by atoms with van der Waals surface area (Å²) in [5.74, 6) is 0.345. The van der Waals surface area contributed by atoms with Crippen molar-refractivity contribution >= 4 is 11.9 Å². The highest BCUT2D eigenvalue weighted by molar-refractivity contribution is 5.67. The molecule has 1 saturated carbocycles.